The minimum atomic E-state index is -1.10. The number of rotatable bonds is 5. The molecule has 1 aliphatic rings. The van der Waals surface area contributed by atoms with Crippen LogP contribution in [0.3, 0.4) is 0 Å². The van der Waals surface area contributed by atoms with Gasteiger partial charge in [-0.15, -0.1) is 0 Å². The van der Waals surface area contributed by atoms with Crippen molar-refractivity contribution in [3.05, 3.63) is 23.8 Å². The summed E-state index contributed by atoms with van der Waals surface area (Å²) < 4.78 is 0. The van der Waals surface area contributed by atoms with Crippen LogP contribution in [-0.4, -0.2) is 33.2 Å². The Bertz CT molecular complexity index is 510. The largest absolute Gasteiger partial charge is 0.504 e. The van der Waals surface area contributed by atoms with Gasteiger partial charge in [0.1, 0.15) is 6.04 Å². The lowest BCUT2D eigenvalue weighted by Gasteiger charge is -2.14. The minimum absolute atomic E-state index is 0.137. The molecule has 1 fully saturated rings. The number of para-hydroxylation sites is 1. The fourth-order valence-electron chi connectivity index (χ4n) is 1.86. The van der Waals surface area contributed by atoms with E-state index in [0.29, 0.717) is 12.3 Å². The maximum absolute atomic E-state index is 11.9. The van der Waals surface area contributed by atoms with Gasteiger partial charge in [-0.2, -0.15) is 0 Å². The third-order valence-corrected chi connectivity index (χ3v) is 3.13. The van der Waals surface area contributed by atoms with Crippen molar-refractivity contribution in [2.24, 2.45) is 5.92 Å². The first-order chi connectivity index (χ1) is 8.99. The predicted molar refractivity (Wildman–Crippen MR) is 66.0 cm³/mol. The number of benzene rings is 1. The van der Waals surface area contributed by atoms with E-state index in [1.54, 1.807) is 0 Å². The number of amides is 1. The molecule has 6 nitrogen and oxygen atoms in total. The predicted octanol–water partition coefficient (Wildman–Crippen LogP) is 1.08. The summed E-state index contributed by atoms with van der Waals surface area (Å²) in [6.07, 6.45) is 2.36. The Morgan fingerprint density at radius 3 is 2.58 bits per heavy atom. The third kappa shape index (κ3) is 3.15. The molecule has 4 N–H and O–H groups in total. The zero-order valence-corrected chi connectivity index (χ0v) is 10.2. The number of carbonyl (C=O) groups excluding carboxylic acids is 1. The number of nitrogens with one attached hydrogen (secondary N) is 1. The van der Waals surface area contributed by atoms with Crippen LogP contribution in [0.5, 0.6) is 11.5 Å². The van der Waals surface area contributed by atoms with Crippen molar-refractivity contribution in [3.8, 4) is 11.5 Å². The molecular weight excluding hydrogens is 250 g/mol. The molecule has 6 heteroatoms. The monoisotopic (exact) mass is 265 g/mol. The lowest BCUT2D eigenvalue weighted by atomic mass is 10.1. The minimum Gasteiger partial charge on any atom is -0.504 e. The van der Waals surface area contributed by atoms with Gasteiger partial charge >= 0.3 is 5.97 Å². The maximum atomic E-state index is 11.9. The normalized spacial score (nSPS) is 15.8. The van der Waals surface area contributed by atoms with Gasteiger partial charge in [-0.25, -0.2) is 4.79 Å². The first-order valence-electron chi connectivity index (χ1n) is 6.03. The van der Waals surface area contributed by atoms with Crippen LogP contribution < -0.4 is 5.32 Å². The molecule has 1 aliphatic carbocycles. The summed E-state index contributed by atoms with van der Waals surface area (Å²) in [5.74, 6) is -2.42. The standard InChI is InChI=1S/C13H15NO5/c15-10-3-1-2-8(11(10)16)12(17)14-9(13(18)19)6-7-4-5-7/h1-3,7,9,15-16H,4-6H2,(H,14,17)(H,18,19)/t9-/m0/s1. The Kier molecular flexibility index (Phi) is 3.59. The zero-order valence-electron chi connectivity index (χ0n) is 10.2. The number of aromatic hydroxyl groups is 2. The second kappa shape index (κ2) is 5.17. The summed E-state index contributed by atoms with van der Waals surface area (Å²) in [5, 5.41) is 30.3. The van der Waals surface area contributed by atoms with Crippen LogP contribution in [0.1, 0.15) is 29.6 Å². The van der Waals surface area contributed by atoms with Crippen molar-refractivity contribution in [2.75, 3.05) is 0 Å². The van der Waals surface area contributed by atoms with Crippen LogP contribution >= 0.6 is 0 Å². The van der Waals surface area contributed by atoms with Gasteiger partial charge in [0.05, 0.1) is 5.56 Å². The second-order valence-electron chi connectivity index (χ2n) is 4.72. The fraction of sp³-hybridized carbons (Fsp3) is 0.385. The van der Waals surface area contributed by atoms with Crippen molar-refractivity contribution in [2.45, 2.75) is 25.3 Å². The third-order valence-electron chi connectivity index (χ3n) is 3.13. The molecule has 19 heavy (non-hydrogen) atoms. The molecule has 1 saturated carbocycles. The van der Waals surface area contributed by atoms with Crippen LogP contribution in [0.15, 0.2) is 18.2 Å². The maximum Gasteiger partial charge on any atom is 0.326 e. The van der Waals surface area contributed by atoms with Gasteiger partial charge in [-0.1, -0.05) is 18.9 Å². The topological polar surface area (TPSA) is 107 Å². The summed E-state index contributed by atoms with van der Waals surface area (Å²) in [6.45, 7) is 0. The van der Waals surface area contributed by atoms with E-state index in [4.69, 9.17) is 5.11 Å². The van der Waals surface area contributed by atoms with Gasteiger partial charge in [-0.3, -0.25) is 4.79 Å². The molecule has 1 amide bonds. The smallest absolute Gasteiger partial charge is 0.326 e. The van der Waals surface area contributed by atoms with Gasteiger partial charge in [0.25, 0.3) is 5.91 Å². The van der Waals surface area contributed by atoms with Crippen LogP contribution in [-0.2, 0) is 4.79 Å². The molecule has 0 unspecified atom stereocenters. The van der Waals surface area contributed by atoms with Crippen molar-refractivity contribution in [1.82, 2.24) is 5.32 Å². The first kappa shape index (κ1) is 13.2. The summed E-state index contributed by atoms with van der Waals surface area (Å²) >= 11 is 0. The molecular formula is C13H15NO5. The Morgan fingerprint density at radius 2 is 2.00 bits per heavy atom. The number of hydrogen-bond donors (Lipinski definition) is 4. The van der Waals surface area contributed by atoms with Gasteiger partial charge in [-0.05, 0) is 24.5 Å². The van der Waals surface area contributed by atoms with Crippen molar-refractivity contribution >= 4 is 11.9 Å². The molecule has 1 aromatic carbocycles. The highest BCUT2D eigenvalue weighted by atomic mass is 16.4. The lowest BCUT2D eigenvalue weighted by Crippen LogP contribution is -2.41. The summed E-state index contributed by atoms with van der Waals surface area (Å²) in [7, 11) is 0. The van der Waals surface area contributed by atoms with Gasteiger partial charge in [0.15, 0.2) is 11.5 Å². The Labute approximate surface area is 109 Å². The molecule has 0 aliphatic heterocycles. The quantitative estimate of drug-likeness (QED) is 0.596. The number of carbonyl (C=O) groups is 2. The highest BCUT2D eigenvalue weighted by molar-refractivity contribution is 5.99. The Balaban J connectivity index is 2.09. The van der Waals surface area contributed by atoms with Crippen LogP contribution in [0.4, 0.5) is 0 Å². The van der Waals surface area contributed by atoms with E-state index in [9.17, 15) is 19.8 Å². The van der Waals surface area contributed by atoms with Crippen LogP contribution in [0, 0.1) is 5.92 Å². The van der Waals surface area contributed by atoms with Crippen molar-refractivity contribution < 1.29 is 24.9 Å². The van der Waals surface area contributed by atoms with Gasteiger partial charge in [0.2, 0.25) is 0 Å². The molecule has 0 radical (unpaired) electrons. The molecule has 2 rings (SSSR count). The number of carboxylic acids is 1. The average Bonchev–Trinajstić information content (AvgIpc) is 3.15. The molecule has 0 saturated heterocycles. The molecule has 0 heterocycles. The molecule has 1 atom stereocenters. The number of carboxylic acid groups (broad SMARTS) is 1. The van der Waals surface area contributed by atoms with E-state index >= 15 is 0 Å². The Hall–Kier alpha value is -2.24. The van der Waals surface area contributed by atoms with Crippen molar-refractivity contribution in [3.63, 3.8) is 0 Å². The molecule has 102 valence electrons. The average molecular weight is 265 g/mol. The van der Waals surface area contributed by atoms with Gasteiger partial charge < -0.3 is 20.6 Å². The van der Waals surface area contributed by atoms with Crippen molar-refractivity contribution in [1.29, 1.82) is 0 Å². The summed E-state index contributed by atoms with van der Waals surface area (Å²) in [4.78, 5) is 22.9. The van der Waals surface area contributed by atoms with E-state index in [-0.39, 0.29) is 5.56 Å². The summed E-state index contributed by atoms with van der Waals surface area (Å²) in [6, 6.07) is 2.99. The number of phenolic OH excluding ortho intramolecular Hbond substituents is 2. The molecule has 0 spiro atoms. The van der Waals surface area contributed by atoms with E-state index in [1.165, 1.54) is 18.2 Å². The Morgan fingerprint density at radius 1 is 1.32 bits per heavy atom. The van der Waals surface area contributed by atoms with Crippen LogP contribution in [0.25, 0.3) is 0 Å². The number of hydrogen-bond acceptors (Lipinski definition) is 4. The number of aliphatic carboxylic acids is 1. The van der Waals surface area contributed by atoms with Gasteiger partial charge in [0, 0.05) is 0 Å². The summed E-state index contributed by atoms with van der Waals surface area (Å²) in [5.41, 5.74) is -0.137. The van der Waals surface area contributed by atoms with E-state index in [2.05, 4.69) is 5.32 Å². The fourth-order valence-corrected chi connectivity index (χ4v) is 1.86. The molecule has 1 aromatic rings. The number of phenols is 2. The zero-order chi connectivity index (χ0) is 14.0. The van der Waals surface area contributed by atoms with Crippen LogP contribution in [0.2, 0.25) is 0 Å². The van der Waals surface area contributed by atoms with E-state index in [1.807, 2.05) is 0 Å². The van der Waals surface area contributed by atoms with E-state index < -0.39 is 29.4 Å². The molecule has 0 bridgehead atoms. The highest BCUT2D eigenvalue weighted by Crippen LogP contribution is 2.34. The highest BCUT2D eigenvalue weighted by Gasteiger charge is 2.30. The second-order valence-corrected chi connectivity index (χ2v) is 4.72. The first-order valence-corrected chi connectivity index (χ1v) is 6.03. The van der Waals surface area contributed by atoms with E-state index in [0.717, 1.165) is 12.8 Å². The SMILES string of the molecule is O=C(N[C@@H](CC1CC1)C(=O)O)c1cccc(O)c1O. The lowest BCUT2D eigenvalue weighted by molar-refractivity contribution is -0.139. The molecule has 0 aromatic heterocycles.